The molecule has 34 heteroatoms. The molecule has 368 valence electrons. The molecule has 68 heavy (non-hydrogen) atoms. The van der Waals surface area contributed by atoms with E-state index in [0.29, 0.717) is 17.0 Å². The highest BCUT2D eigenvalue weighted by molar-refractivity contribution is 6.01. The Labute approximate surface area is 382 Å². The predicted molar refractivity (Wildman–Crippen MR) is 234 cm³/mol. The van der Waals surface area contributed by atoms with Crippen molar-refractivity contribution in [2.45, 2.75) is 57.2 Å². The standard InChI is InChI=1S/C34H49N21O13/c1-12(2)8-9-53(18-15(30(63)64)10-14(54(65)66)11-16(18)55(67)68)29(62)28(61)44-17(13-6-4-3-5-7-13)24(57)46-21(50-32(38)39)26(59)48-23(52-34(42)43)27(60)47-22(51-33(40)41)25(58)45-20(19(35)56)49-31(36)37/h3-7,10-12,17,20-23,29,62H,8-9H2,1-2H3,(H2,35,56)(H,44,61)(H,45,58)(H,46,57)(H,47,60)(H,48,59)(H,63,64)(H4,36,37,49)(H4,38,39,50)(H4,40,41,51)(H4,42,43,52). The number of carboxylic acids is 1. The van der Waals surface area contributed by atoms with Crippen LogP contribution in [0, 0.1) is 47.8 Å². The number of nitro groups is 2. The third kappa shape index (κ3) is 16.2. The number of primary amides is 1. The number of guanidine groups is 4. The minimum atomic E-state index is -2.56. The van der Waals surface area contributed by atoms with E-state index in [0.717, 1.165) is 0 Å². The van der Waals surface area contributed by atoms with E-state index in [2.05, 4.69) is 16.0 Å². The Balaban J connectivity index is 2.59. The Bertz CT molecular complexity index is 2300. The normalized spacial score (nSPS) is 13.2. The average Bonchev–Trinajstić information content (AvgIpc) is 3.23. The first-order valence-corrected chi connectivity index (χ1v) is 19.1. The SMILES string of the molecule is CC(C)CCN(c1c(C(=O)O)cc([N+](=O)[O-])cc1[N+](=O)[O-])C(O)C(=O)NC(C(=O)NC(NC(=N)N)C(=O)NC(NC(=N)N)C(=O)NC(NC(=N)N)C(=O)NC(NC(=N)N)C(N)=O)c1ccccc1. The van der Waals surface area contributed by atoms with Gasteiger partial charge in [-0.05, 0) is 17.9 Å². The van der Waals surface area contributed by atoms with Gasteiger partial charge < -0.3 is 91.6 Å². The van der Waals surface area contributed by atoms with Crippen LogP contribution >= 0.6 is 0 Å². The minimum absolute atomic E-state index is 0.0423. The van der Waals surface area contributed by atoms with Crippen molar-refractivity contribution in [3.63, 3.8) is 0 Å². The molecule has 0 aliphatic heterocycles. The zero-order chi connectivity index (χ0) is 51.7. The van der Waals surface area contributed by atoms with Gasteiger partial charge in [0.25, 0.3) is 40.9 Å². The topological polar surface area (TPSA) is 583 Å². The third-order valence-electron chi connectivity index (χ3n) is 8.58. The number of hydrogen-bond donors (Lipinski definition) is 20. The molecule has 0 bridgehead atoms. The van der Waals surface area contributed by atoms with Gasteiger partial charge in [-0.2, -0.15) is 0 Å². The van der Waals surface area contributed by atoms with E-state index in [-0.39, 0.29) is 17.9 Å². The van der Waals surface area contributed by atoms with Gasteiger partial charge in [-0.15, -0.1) is 0 Å². The van der Waals surface area contributed by atoms with Crippen LogP contribution in [-0.4, -0.2) is 123 Å². The second-order valence-electron chi connectivity index (χ2n) is 14.2. The summed E-state index contributed by atoms with van der Waals surface area (Å²) in [5, 5.41) is 94.0. The number of nitrogens with zero attached hydrogens (tertiary/aromatic N) is 3. The summed E-state index contributed by atoms with van der Waals surface area (Å²) in [5.74, 6) is -14.3. The lowest BCUT2D eigenvalue weighted by molar-refractivity contribution is -0.393. The fraction of sp³-hybridized carbons (Fsp3) is 0.324. The van der Waals surface area contributed by atoms with Crippen molar-refractivity contribution >= 4 is 82.3 Å². The van der Waals surface area contributed by atoms with E-state index < -0.39 is 141 Å². The lowest BCUT2D eigenvalue weighted by Crippen LogP contribution is -2.68. The summed E-state index contributed by atoms with van der Waals surface area (Å²) in [4.78, 5) is 115. The van der Waals surface area contributed by atoms with Crippen LogP contribution in [0.5, 0.6) is 0 Å². The van der Waals surface area contributed by atoms with E-state index in [1.807, 2.05) is 31.9 Å². The van der Waals surface area contributed by atoms with Gasteiger partial charge >= 0.3 is 5.97 Å². The highest BCUT2D eigenvalue weighted by atomic mass is 16.6. The summed E-state index contributed by atoms with van der Waals surface area (Å²) in [6.07, 6.45) is -10.8. The molecule has 0 heterocycles. The molecular formula is C34H49N21O13. The zero-order valence-electron chi connectivity index (χ0n) is 35.6. The van der Waals surface area contributed by atoms with Crippen molar-refractivity contribution in [1.29, 1.82) is 21.6 Å². The Morgan fingerprint density at radius 2 is 1.06 bits per heavy atom. The molecule has 2 aromatic rings. The second-order valence-corrected chi connectivity index (χ2v) is 14.2. The molecule has 0 aromatic heterocycles. The largest absolute Gasteiger partial charge is 0.478 e. The van der Waals surface area contributed by atoms with Gasteiger partial charge in [0.2, 0.25) is 12.1 Å². The lowest BCUT2D eigenvalue weighted by atomic mass is 10.0. The highest BCUT2D eigenvalue weighted by Crippen LogP contribution is 2.37. The van der Waals surface area contributed by atoms with Gasteiger partial charge in [0.1, 0.15) is 11.7 Å². The molecule has 0 saturated carbocycles. The summed E-state index contributed by atoms with van der Waals surface area (Å²) in [7, 11) is 0. The van der Waals surface area contributed by atoms with Gasteiger partial charge in [0.15, 0.2) is 48.5 Å². The minimum Gasteiger partial charge on any atom is -0.478 e. The predicted octanol–water partition coefficient (Wildman–Crippen LogP) is -6.58. The Hall–Kier alpha value is -9.63. The van der Waals surface area contributed by atoms with Crippen molar-refractivity contribution in [1.82, 2.24) is 47.9 Å². The summed E-state index contributed by atoms with van der Waals surface area (Å²) < 4.78 is 0. The zero-order valence-corrected chi connectivity index (χ0v) is 35.6. The van der Waals surface area contributed by atoms with Crippen LogP contribution in [0.4, 0.5) is 17.1 Å². The van der Waals surface area contributed by atoms with Crippen LogP contribution < -0.4 is 81.4 Å². The van der Waals surface area contributed by atoms with Gasteiger partial charge in [-0.1, -0.05) is 44.2 Å². The molecule has 0 aliphatic carbocycles. The number of benzene rings is 2. The first-order chi connectivity index (χ1) is 31.6. The molecule has 2 aromatic carbocycles. The first-order valence-electron chi connectivity index (χ1n) is 19.1. The number of amides is 6. The number of nitro benzene ring substituents is 2. The Kier molecular flexibility index (Phi) is 19.6. The molecule has 6 amide bonds. The number of nitrogens with one attached hydrogen (secondary N) is 13. The van der Waals surface area contributed by atoms with Gasteiger partial charge in [0, 0.05) is 12.6 Å². The van der Waals surface area contributed by atoms with Crippen molar-refractivity contribution < 1.29 is 53.6 Å². The molecule has 6 atom stereocenters. The summed E-state index contributed by atoms with van der Waals surface area (Å²) in [5.41, 5.74) is 22.4. The fourth-order valence-electron chi connectivity index (χ4n) is 5.58. The summed E-state index contributed by atoms with van der Waals surface area (Å²) in [6, 6.07) is 5.82. The van der Waals surface area contributed by atoms with Gasteiger partial charge in [0.05, 0.1) is 21.5 Å². The number of rotatable bonds is 24. The molecule has 0 radical (unpaired) electrons. The molecule has 2 rings (SSSR count). The second kappa shape index (κ2) is 24.4. The maximum Gasteiger partial charge on any atom is 0.338 e. The van der Waals surface area contributed by atoms with E-state index in [1.54, 1.807) is 13.8 Å². The van der Waals surface area contributed by atoms with Gasteiger partial charge in [-0.3, -0.25) is 70.6 Å². The maximum atomic E-state index is 14.1. The number of carbonyl (C=O) groups is 7. The monoisotopic (exact) mass is 959 g/mol. The van der Waals surface area contributed by atoms with Gasteiger partial charge in [-0.25, -0.2) is 4.79 Å². The number of aromatic carboxylic acids is 1. The van der Waals surface area contributed by atoms with E-state index in [4.69, 9.17) is 50.3 Å². The van der Waals surface area contributed by atoms with Crippen molar-refractivity contribution in [2.24, 2.45) is 34.6 Å². The smallest absolute Gasteiger partial charge is 0.338 e. The molecule has 0 saturated heterocycles. The third-order valence-corrected chi connectivity index (χ3v) is 8.58. The van der Waals surface area contributed by atoms with Crippen molar-refractivity contribution in [3.05, 3.63) is 73.8 Å². The molecule has 25 N–H and O–H groups in total. The van der Waals surface area contributed by atoms with E-state index in [9.17, 15) is 64.0 Å². The van der Waals surface area contributed by atoms with Crippen LogP contribution in [0.15, 0.2) is 42.5 Å². The number of anilines is 1. The molecular weight excluding hydrogens is 911 g/mol. The van der Waals surface area contributed by atoms with Crippen LogP contribution in [0.1, 0.15) is 42.2 Å². The number of non-ortho nitro benzene ring substituents is 1. The number of carboxylic acid groups (broad SMARTS) is 1. The highest BCUT2D eigenvalue weighted by Gasteiger charge is 2.38. The van der Waals surface area contributed by atoms with Crippen LogP contribution in [0.2, 0.25) is 0 Å². The molecule has 0 fully saturated rings. The number of hydrogen-bond acceptors (Lipinski definition) is 17. The lowest BCUT2D eigenvalue weighted by Gasteiger charge is -2.32. The quantitative estimate of drug-likeness (QED) is 0.0153. The number of aliphatic hydroxyl groups excluding tert-OH is 1. The summed E-state index contributed by atoms with van der Waals surface area (Å²) in [6.45, 7) is 2.88. The van der Waals surface area contributed by atoms with Crippen molar-refractivity contribution in [2.75, 3.05) is 11.4 Å². The van der Waals surface area contributed by atoms with E-state index >= 15 is 0 Å². The molecule has 34 nitrogen and oxygen atoms in total. The Morgan fingerprint density at radius 1 is 0.632 bits per heavy atom. The number of carbonyl (C=O) groups excluding carboxylic acids is 6. The number of nitrogens with two attached hydrogens (primary N) is 5. The first kappa shape index (κ1) is 54.5. The summed E-state index contributed by atoms with van der Waals surface area (Å²) >= 11 is 0. The maximum absolute atomic E-state index is 14.1. The fourth-order valence-corrected chi connectivity index (χ4v) is 5.58. The Morgan fingerprint density at radius 3 is 1.44 bits per heavy atom. The van der Waals surface area contributed by atoms with Crippen LogP contribution in [-0.2, 0) is 28.8 Å². The van der Waals surface area contributed by atoms with E-state index in [1.165, 1.54) is 30.3 Å². The van der Waals surface area contributed by atoms with Crippen molar-refractivity contribution in [3.8, 4) is 0 Å². The average molecular weight is 960 g/mol. The molecule has 0 spiro atoms. The molecule has 6 unspecified atom stereocenters. The van der Waals surface area contributed by atoms with Crippen LogP contribution in [0.25, 0.3) is 0 Å². The molecule has 0 aliphatic rings. The van der Waals surface area contributed by atoms with Crippen LogP contribution in [0.3, 0.4) is 0 Å². The number of aliphatic hydroxyl groups is 1.